The Kier molecular flexibility index (Phi) is 3.48. The number of ketones is 1. The van der Waals surface area contributed by atoms with Crippen molar-refractivity contribution >= 4 is 17.7 Å². The molecule has 5 nitrogen and oxygen atoms in total. The zero-order valence-electron chi connectivity index (χ0n) is 13.7. The predicted octanol–water partition coefficient (Wildman–Crippen LogP) is 2.06. The Balaban J connectivity index is 1.74. The number of hydrogen-bond donors (Lipinski definition) is 0. The molecule has 5 heteroatoms. The summed E-state index contributed by atoms with van der Waals surface area (Å²) in [4.78, 5) is 39.8. The maximum atomic E-state index is 13.0. The predicted molar refractivity (Wildman–Crippen MR) is 86.2 cm³/mol. The van der Waals surface area contributed by atoms with Gasteiger partial charge in [-0.1, -0.05) is 25.1 Å². The topological polar surface area (TPSA) is 63.7 Å². The van der Waals surface area contributed by atoms with Gasteiger partial charge in [-0.3, -0.25) is 14.4 Å². The summed E-state index contributed by atoms with van der Waals surface area (Å²) < 4.78 is 5.42. The van der Waals surface area contributed by atoms with E-state index >= 15 is 0 Å². The molecule has 0 aromatic heterocycles. The third kappa shape index (κ3) is 2.03. The standard InChI is InChI=1S/C19H21NO4/c1-2-19-11-20(17(22)12-6-4-3-5-7-12)15-9-14(19)13(8-16(15)21)10-24-18(19)23/h3-7,13-15H,2,8-11H2,1H3. The molecule has 2 saturated heterocycles. The molecule has 4 unspecified atom stereocenters. The maximum Gasteiger partial charge on any atom is 0.314 e. The van der Waals surface area contributed by atoms with Gasteiger partial charge in [-0.05, 0) is 30.9 Å². The van der Waals surface area contributed by atoms with Crippen LogP contribution in [0.1, 0.15) is 36.5 Å². The number of amides is 1. The maximum absolute atomic E-state index is 13.0. The van der Waals surface area contributed by atoms with E-state index in [1.807, 2.05) is 25.1 Å². The van der Waals surface area contributed by atoms with E-state index < -0.39 is 11.5 Å². The number of likely N-dealkylation sites (tertiary alicyclic amines) is 1. The highest BCUT2D eigenvalue weighted by Crippen LogP contribution is 2.52. The van der Waals surface area contributed by atoms with Gasteiger partial charge in [0.15, 0.2) is 5.78 Å². The Morgan fingerprint density at radius 3 is 2.75 bits per heavy atom. The Morgan fingerprint density at radius 1 is 1.29 bits per heavy atom. The van der Waals surface area contributed by atoms with E-state index in [0.29, 0.717) is 31.4 Å². The number of benzene rings is 1. The van der Waals surface area contributed by atoms with Crippen LogP contribution in [0, 0.1) is 17.3 Å². The van der Waals surface area contributed by atoms with Gasteiger partial charge in [-0.25, -0.2) is 0 Å². The molecule has 3 aliphatic rings. The molecule has 2 heterocycles. The number of carbonyl (C=O) groups excluding carboxylic acids is 3. The van der Waals surface area contributed by atoms with Gasteiger partial charge in [0, 0.05) is 24.4 Å². The van der Waals surface area contributed by atoms with Gasteiger partial charge in [0.1, 0.15) is 0 Å². The summed E-state index contributed by atoms with van der Waals surface area (Å²) >= 11 is 0. The lowest BCUT2D eigenvalue weighted by atomic mass is 9.57. The van der Waals surface area contributed by atoms with Crippen LogP contribution in [0.25, 0.3) is 0 Å². The van der Waals surface area contributed by atoms with E-state index in [0.717, 1.165) is 0 Å². The summed E-state index contributed by atoms with van der Waals surface area (Å²) in [5, 5.41) is 0. The van der Waals surface area contributed by atoms with Crippen LogP contribution in [0.4, 0.5) is 0 Å². The molecule has 1 aromatic carbocycles. The summed E-state index contributed by atoms with van der Waals surface area (Å²) in [5.41, 5.74) is -0.105. The fourth-order valence-electron chi connectivity index (χ4n) is 4.81. The normalized spacial score (nSPS) is 34.7. The number of piperidine rings is 1. The molecule has 3 fully saturated rings. The van der Waals surface area contributed by atoms with Crippen molar-refractivity contribution < 1.29 is 19.1 Å². The van der Waals surface area contributed by atoms with E-state index in [-0.39, 0.29) is 36.0 Å². The summed E-state index contributed by atoms with van der Waals surface area (Å²) in [7, 11) is 0. The molecule has 0 radical (unpaired) electrons. The summed E-state index contributed by atoms with van der Waals surface area (Å²) in [6.07, 6.45) is 1.63. The number of rotatable bonds is 2. The van der Waals surface area contributed by atoms with E-state index in [4.69, 9.17) is 4.74 Å². The molecule has 126 valence electrons. The van der Waals surface area contributed by atoms with Crippen molar-refractivity contribution in [1.29, 1.82) is 0 Å². The number of nitrogens with zero attached hydrogens (tertiary/aromatic N) is 1. The van der Waals surface area contributed by atoms with Crippen molar-refractivity contribution in [2.75, 3.05) is 13.2 Å². The molecule has 4 atom stereocenters. The van der Waals surface area contributed by atoms with Crippen molar-refractivity contribution in [3.8, 4) is 0 Å². The second-order valence-corrected chi connectivity index (χ2v) is 7.20. The van der Waals surface area contributed by atoms with Gasteiger partial charge < -0.3 is 9.64 Å². The third-order valence-corrected chi connectivity index (χ3v) is 6.17. The number of fused-ring (bicyclic) bond motifs is 1. The van der Waals surface area contributed by atoms with Crippen molar-refractivity contribution in [2.24, 2.45) is 17.3 Å². The first-order chi connectivity index (χ1) is 11.6. The van der Waals surface area contributed by atoms with Crippen LogP contribution >= 0.6 is 0 Å². The number of carbonyl (C=O) groups is 3. The molecular weight excluding hydrogens is 306 g/mol. The average Bonchev–Trinajstić information content (AvgIpc) is 2.63. The first-order valence-electron chi connectivity index (χ1n) is 8.63. The highest BCUT2D eigenvalue weighted by atomic mass is 16.5. The number of esters is 1. The molecule has 2 bridgehead atoms. The molecule has 2 aliphatic heterocycles. The van der Waals surface area contributed by atoms with E-state index in [2.05, 4.69) is 0 Å². The second kappa shape index (κ2) is 5.43. The zero-order chi connectivity index (χ0) is 16.9. The van der Waals surface area contributed by atoms with Crippen molar-refractivity contribution in [3.63, 3.8) is 0 Å². The average molecular weight is 327 g/mol. The molecule has 4 rings (SSSR count). The Morgan fingerprint density at radius 2 is 2.04 bits per heavy atom. The van der Waals surface area contributed by atoms with E-state index in [9.17, 15) is 14.4 Å². The lowest BCUT2D eigenvalue weighted by Crippen LogP contribution is -2.67. The second-order valence-electron chi connectivity index (χ2n) is 7.20. The molecule has 1 saturated carbocycles. The van der Waals surface area contributed by atoms with Crippen molar-refractivity contribution in [3.05, 3.63) is 35.9 Å². The SMILES string of the molecule is CCC12CN(C(=O)c3ccccc3)C3CC1C(COC2=O)CC3=O. The summed E-state index contributed by atoms with van der Waals surface area (Å²) in [5.74, 6) is -0.0169. The quantitative estimate of drug-likeness (QED) is 0.780. The van der Waals surface area contributed by atoms with E-state index in [1.165, 1.54) is 0 Å². The lowest BCUT2D eigenvalue weighted by molar-refractivity contribution is -0.191. The Hall–Kier alpha value is -2.17. The van der Waals surface area contributed by atoms with Crippen LogP contribution in [0.3, 0.4) is 0 Å². The van der Waals surface area contributed by atoms with Gasteiger partial charge in [0.25, 0.3) is 5.91 Å². The van der Waals surface area contributed by atoms with Crippen LogP contribution in [0.15, 0.2) is 30.3 Å². The van der Waals surface area contributed by atoms with Gasteiger partial charge in [-0.2, -0.15) is 0 Å². The minimum atomic E-state index is -0.662. The molecule has 1 aliphatic carbocycles. The summed E-state index contributed by atoms with van der Waals surface area (Å²) in [6, 6.07) is 8.58. The Labute approximate surface area is 141 Å². The van der Waals surface area contributed by atoms with Gasteiger partial charge in [-0.15, -0.1) is 0 Å². The fourth-order valence-corrected chi connectivity index (χ4v) is 4.81. The smallest absolute Gasteiger partial charge is 0.314 e. The minimum Gasteiger partial charge on any atom is -0.465 e. The lowest BCUT2D eigenvalue weighted by Gasteiger charge is -2.56. The van der Waals surface area contributed by atoms with Crippen molar-refractivity contribution in [1.82, 2.24) is 4.90 Å². The van der Waals surface area contributed by atoms with Gasteiger partial charge in [0.2, 0.25) is 0 Å². The summed E-state index contributed by atoms with van der Waals surface area (Å²) in [6.45, 7) is 2.61. The van der Waals surface area contributed by atoms with Crippen LogP contribution in [0.5, 0.6) is 0 Å². The van der Waals surface area contributed by atoms with Crippen molar-refractivity contribution in [2.45, 2.75) is 32.2 Å². The monoisotopic (exact) mass is 327 g/mol. The molecule has 24 heavy (non-hydrogen) atoms. The van der Waals surface area contributed by atoms with E-state index in [1.54, 1.807) is 17.0 Å². The first-order valence-corrected chi connectivity index (χ1v) is 8.63. The number of cyclic esters (lactones) is 1. The Bertz CT molecular complexity index is 701. The fraction of sp³-hybridized carbons (Fsp3) is 0.526. The number of Topliss-reactive ketones (excluding diaryl/α,β-unsaturated/α-hetero) is 1. The van der Waals surface area contributed by atoms with Gasteiger partial charge >= 0.3 is 5.97 Å². The molecule has 1 amide bonds. The van der Waals surface area contributed by atoms with Gasteiger partial charge in [0.05, 0.1) is 18.1 Å². The zero-order valence-corrected chi connectivity index (χ0v) is 13.7. The third-order valence-electron chi connectivity index (χ3n) is 6.17. The largest absolute Gasteiger partial charge is 0.465 e. The number of ether oxygens (including phenoxy) is 1. The first kappa shape index (κ1) is 15.4. The highest BCUT2D eigenvalue weighted by Gasteiger charge is 2.61. The molecule has 0 N–H and O–H groups in total. The number of hydrogen-bond acceptors (Lipinski definition) is 4. The van der Waals surface area contributed by atoms with Crippen LogP contribution in [-0.4, -0.2) is 41.8 Å². The van der Waals surface area contributed by atoms with Crippen LogP contribution in [-0.2, 0) is 14.3 Å². The molecule has 0 spiro atoms. The highest BCUT2D eigenvalue weighted by molar-refractivity contribution is 5.99. The molecular formula is C19H21NO4. The van der Waals surface area contributed by atoms with Crippen LogP contribution in [0.2, 0.25) is 0 Å². The molecule has 1 aromatic rings. The minimum absolute atomic E-state index is 0.100. The van der Waals surface area contributed by atoms with Crippen LogP contribution < -0.4 is 0 Å².